The predicted octanol–water partition coefficient (Wildman–Crippen LogP) is 2.72. The van der Waals surface area contributed by atoms with E-state index < -0.39 is 11.5 Å². The number of carbonyl (C=O) groups is 1. The largest absolute Gasteiger partial charge is 0.304 e. The van der Waals surface area contributed by atoms with Crippen molar-refractivity contribution in [2.24, 2.45) is 0 Å². The van der Waals surface area contributed by atoms with E-state index >= 15 is 0 Å². The highest BCUT2D eigenvalue weighted by Gasteiger charge is 2.14. The molecule has 3 heterocycles. The van der Waals surface area contributed by atoms with Gasteiger partial charge in [0.2, 0.25) is 0 Å². The highest BCUT2D eigenvalue weighted by atomic mass is 79.9. The van der Waals surface area contributed by atoms with Crippen LogP contribution in [0.25, 0.3) is 10.9 Å². The number of nitrogens with zero attached hydrogens (tertiary/aromatic N) is 4. The molecule has 0 radical (unpaired) electrons. The molecule has 140 valence electrons. The number of carbonyl (C=O) groups excluding carboxylic acids is 1. The number of fused-ring (bicyclic) bond motifs is 1. The van der Waals surface area contributed by atoms with Crippen LogP contribution in [-0.4, -0.2) is 30.9 Å². The molecule has 2 N–H and O–H groups in total. The Morgan fingerprint density at radius 3 is 2.93 bits per heavy atom. The van der Waals surface area contributed by atoms with Gasteiger partial charge in [-0.2, -0.15) is 10.2 Å². The zero-order chi connectivity index (χ0) is 19.7. The summed E-state index contributed by atoms with van der Waals surface area (Å²) in [5, 5.41) is 13.4. The van der Waals surface area contributed by atoms with Crippen molar-refractivity contribution < 1.29 is 9.18 Å². The molecule has 0 aliphatic rings. The van der Waals surface area contributed by atoms with Crippen molar-refractivity contribution in [3.63, 3.8) is 0 Å². The number of pyridine rings is 1. The van der Waals surface area contributed by atoms with E-state index in [0.29, 0.717) is 15.4 Å². The lowest BCUT2D eigenvalue weighted by Crippen LogP contribution is -2.15. The summed E-state index contributed by atoms with van der Waals surface area (Å²) in [6.07, 6.45) is 4.36. The van der Waals surface area contributed by atoms with Crippen molar-refractivity contribution in [1.82, 2.24) is 25.0 Å². The molecule has 0 atom stereocenters. The number of amides is 1. The van der Waals surface area contributed by atoms with Gasteiger partial charge in [-0.05, 0) is 28.1 Å². The molecule has 0 aliphatic heterocycles. The van der Waals surface area contributed by atoms with Crippen LogP contribution in [0.15, 0.2) is 58.2 Å². The zero-order valence-electron chi connectivity index (χ0n) is 14.2. The number of hydrogen-bond acceptors (Lipinski definition) is 5. The molecule has 0 aliphatic carbocycles. The van der Waals surface area contributed by atoms with E-state index in [-0.39, 0.29) is 29.3 Å². The lowest BCUT2D eigenvalue weighted by atomic mass is 10.2. The molecule has 0 spiro atoms. The first-order valence-electron chi connectivity index (χ1n) is 8.12. The smallest absolute Gasteiger partial charge is 0.290 e. The van der Waals surface area contributed by atoms with Gasteiger partial charge in [-0.15, -0.1) is 0 Å². The molecule has 4 aromatic rings. The molecule has 1 amide bonds. The Bertz CT molecular complexity index is 1250. The third-order valence-corrected chi connectivity index (χ3v) is 4.58. The van der Waals surface area contributed by atoms with Crippen LogP contribution in [0.3, 0.4) is 0 Å². The third-order valence-electron chi connectivity index (χ3n) is 4.00. The van der Waals surface area contributed by atoms with Crippen LogP contribution < -0.4 is 10.9 Å². The summed E-state index contributed by atoms with van der Waals surface area (Å²) in [5.41, 5.74) is 0.489. The first-order valence-corrected chi connectivity index (χ1v) is 8.92. The van der Waals surface area contributed by atoms with Gasteiger partial charge in [0, 0.05) is 23.3 Å². The molecular formula is C18H12BrFN6O2. The summed E-state index contributed by atoms with van der Waals surface area (Å²) in [7, 11) is 0. The molecule has 8 nitrogen and oxygen atoms in total. The lowest BCUT2D eigenvalue weighted by molar-refractivity contribution is 0.102. The number of hydrogen-bond donors (Lipinski definition) is 2. The molecule has 1 aromatic carbocycles. The van der Waals surface area contributed by atoms with Gasteiger partial charge in [0.25, 0.3) is 11.5 Å². The predicted molar refractivity (Wildman–Crippen MR) is 104 cm³/mol. The molecule has 3 aromatic heterocycles. The van der Waals surface area contributed by atoms with Gasteiger partial charge in [0.1, 0.15) is 11.3 Å². The van der Waals surface area contributed by atoms with Crippen molar-refractivity contribution in [3.05, 3.63) is 80.7 Å². The molecule has 10 heteroatoms. The van der Waals surface area contributed by atoms with E-state index in [0.717, 1.165) is 0 Å². The maximum atomic E-state index is 13.8. The number of aromatic nitrogens is 5. The standard InChI is InChI=1S/C18H12BrFN6O2/c19-13-9-26(8-10-3-1-2-4-14(10)20)25-16(13)23-17(27)12-5-11-7-22-24-18(28)15(11)21-6-12/h1-7,9H,8H2,(H,24,28)(H,23,25,27). The number of benzene rings is 1. The molecule has 0 saturated heterocycles. The van der Waals surface area contributed by atoms with E-state index in [2.05, 4.69) is 41.5 Å². The number of halogens is 2. The van der Waals surface area contributed by atoms with E-state index in [9.17, 15) is 14.0 Å². The first-order chi connectivity index (χ1) is 13.5. The van der Waals surface area contributed by atoms with Crippen LogP contribution in [0.5, 0.6) is 0 Å². The van der Waals surface area contributed by atoms with Crippen LogP contribution >= 0.6 is 15.9 Å². The van der Waals surface area contributed by atoms with Crippen LogP contribution in [0.2, 0.25) is 0 Å². The third kappa shape index (κ3) is 3.54. The summed E-state index contributed by atoms with van der Waals surface area (Å²) < 4.78 is 15.9. The van der Waals surface area contributed by atoms with E-state index in [1.165, 1.54) is 29.2 Å². The van der Waals surface area contributed by atoms with E-state index in [1.54, 1.807) is 24.4 Å². The molecule has 4 rings (SSSR count). The van der Waals surface area contributed by atoms with Gasteiger partial charge in [-0.3, -0.25) is 14.3 Å². The van der Waals surface area contributed by atoms with Crippen molar-refractivity contribution in [3.8, 4) is 0 Å². The second-order valence-corrected chi connectivity index (χ2v) is 6.78. The Labute approximate surface area is 165 Å². The Kier molecular flexibility index (Phi) is 4.70. The highest BCUT2D eigenvalue weighted by Crippen LogP contribution is 2.22. The number of nitrogens with one attached hydrogen (secondary N) is 2. The van der Waals surface area contributed by atoms with Crippen LogP contribution in [0, 0.1) is 5.82 Å². The van der Waals surface area contributed by atoms with Gasteiger partial charge in [0.05, 0.1) is 22.8 Å². The fourth-order valence-electron chi connectivity index (χ4n) is 2.65. The fraction of sp³-hybridized carbons (Fsp3) is 0.0556. The van der Waals surface area contributed by atoms with Crippen molar-refractivity contribution in [2.45, 2.75) is 6.54 Å². The molecule has 0 bridgehead atoms. The molecule has 28 heavy (non-hydrogen) atoms. The second kappa shape index (κ2) is 7.31. The number of aromatic amines is 1. The summed E-state index contributed by atoms with van der Waals surface area (Å²) in [6.45, 7) is 0.215. The number of rotatable bonds is 4. The minimum atomic E-state index is -0.452. The van der Waals surface area contributed by atoms with E-state index in [4.69, 9.17) is 0 Å². The fourth-order valence-corrected chi connectivity index (χ4v) is 3.07. The summed E-state index contributed by atoms with van der Waals surface area (Å²) in [6, 6.07) is 7.92. The van der Waals surface area contributed by atoms with Crippen LogP contribution in [0.1, 0.15) is 15.9 Å². The Morgan fingerprint density at radius 1 is 1.29 bits per heavy atom. The molecule has 0 unspecified atom stereocenters. The average Bonchev–Trinajstić information content (AvgIpc) is 3.02. The van der Waals surface area contributed by atoms with Crippen molar-refractivity contribution in [1.29, 1.82) is 0 Å². The van der Waals surface area contributed by atoms with Gasteiger partial charge in [-0.25, -0.2) is 14.5 Å². The quantitative estimate of drug-likeness (QED) is 0.505. The number of H-pyrrole nitrogens is 1. The first kappa shape index (κ1) is 18.0. The maximum absolute atomic E-state index is 13.8. The Hall–Kier alpha value is -3.40. The van der Waals surface area contributed by atoms with Gasteiger partial charge < -0.3 is 5.32 Å². The van der Waals surface area contributed by atoms with Crippen molar-refractivity contribution >= 4 is 38.6 Å². The summed E-state index contributed by atoms with van der Waals surface area (Å²) in [5.74, 6) is -0.498. The monoisotopic (exact) mass is 442 g/mol. The van der Waals surface area contributed by atoms with Crippen molar-refractivity contribution in [2.75, 3.05) is 5.32 Å². The molecule has 0 saturated carbocycles. The van der Waals surface area contributed by atoms with Crippen LogP contribution in [-0.2, 0) is 6.54 Å². The molecule has 0 fully saturated rings. The van der Waals surface area contributed by atoms with Crippen LogP contribution in [0.4, 0.5) is 10.2 Å². The number of anilines is 1. The van der Waals surface area contributed by atoms with Gasteiger partial charge in [-0.1, -0.05) is 18.2 Å². The second-order valence-electron chi connectivity index (χ2n) is 5.93. The normalized spacial score (nSPS) is 10.9. The minimum Gasteiger partial charge on any atom is -0.304 e. The molecular weight excluding hydrogens is 431 g/mol. The Morgan fingerprint density at radius 2 is 2.11 bits per heavy atom. The topological polar surface area (TPSA) is 106 Å². The van der Waals surface area contributed by atoms with E-state index in [1.807, 2.05) is 0 Å². The average molecular weight is 443 g/mol. The summed E-state index contributed by atoms with van der Waals surface area (Å²) in [4.78, 5) is 28.2. The minimum absolute atomic E-state index is 0.196. The van der Waals surface area contributed by atoms with Gasteiger partial charge >= 0.3 is 0 Å². The highest BCUT2D eigenvalue weighted by molar-refractivity contribution is 9.10. The Balaban J connectivity index is 1.56. The lowest BCUT2D eigenvalue weighted by Gasteiger charge is -2.04. The zero-order valence-corrected chi connectivity index (χ0v) is 15.8. The maximum Gasteiger partial charge on any atom is 0.290 e. The summed E-state index contributed by atoms with van der Waals surface area (Å²) >= 11 is 3.34. The SMILES string of the molecule is O=C(Nc1nn(Cc2ccccc2F)cc1Br)c1cnc2c(=O)[nH]ncc2c1. The van der Waals surface area contributed by atoms with Gasteiger partial charge in [0.15, 0.2) is 5.82 Å².